The van der Waals surface area contributed by atoms with Gasteiger partial charge in [0.15, 0.2) is 0 Å². The van der Waals surface area contributed by atoms with E-state index in [1.54, 1.807) is 0 Å². The van der Waals surface area contributed by atoms with Crippen molar-refractivity contribution in [1.82, 2.24) is 0 Å². The third-order valence-corrected chi connectivity index (χ3v) is 2.28. The number of ether oxygens (including phenoxy) is 1. The first-order chi connectivity index (χ1) is 6.54. The molecule has 14 heavy (non-hydrogen) atoms. The molecule has 0 aliphatic carbocycles. The fraction of sp³-hybridized carbons (Fsp3) is 0.875. The van der Waals surface area contributed by atoms with Crippen molar-refractivity contribution in [2.45, 2.75) is 37.3 Å². The number of hydrogen-bond acceptors (Lipinski definition) is 5. The molecule has 1 aliphatic heterocycles. The van der Waals surface area contributed by atoms with Crippen LogP contribution in [0.25, 0.3) is 0 Å². The minimum Gasteiger partial charge on any atom is -0.481 e. The lowest BCUT2D eigenvalue weighted by Gasteiger charge is -2.36. The minimum absolute atomic E-state index is 0.0638. The monoisotopic (exact) mass is 205 g/mol. The number of carbonyl (C=O) groups is 1. The molecule has 0 aromatic heterocycles. The van der Waals surface area contributed by atoms with Crippen LogP contribution >= 0.6 is 0 Å². The minimum atomic E-state index is -1.02. The van der Waals surface area contributed by atoms with Gasteiger partial charge >= 0.3 is 5.97 Å². The first-order valence-electron chi connectivity index (χ1n) is 4.48. The number of aliphatic carboxylic acids is 1. The summed E-state index contributed by atoms with van der Waals surface area (Å²) in [5, 5.41) is 27.3. The highest BCUT2D eigenvalue weighted by Gasteiger charge is 2.36. The highest BCUT2D eigenvalue weighted by Crippen LogP contribution is 2.21. The third kappa shape index (κ3) is 2.65. The highest BCUT2D eigenvalue weighted by atomic mass is 16.5. The van der Waals surface area contributed by atoms with E-state index < -0.39 is 30.4 Å². The summed E-state index contributed by atoms with van der Waals surface area (Å²) in [7, 11) is 0. The fourth-order valence-corrected chi connectivity index (χ4v) is 1.56. The van der Waals surface area contributed by atoms with Crippen LogP contribution in [0.5, 0.6) is 0 Å². The van der Waals surface area contributed by atoms with Crippen molar-refractivity contribution in [3.8, 4) is 0 Å². The van der Waals surface area contributed by atoms with Crippen molar-refractivity contribution in [1.29, 1.82) is 0 Å². The number of carboxylic acids is 1. The van der Waals surface area contributed by atoms with Crippen molar-refractivity contribution >= 4 is 5.97 Å². The van der Waals surface area contributed by atoms with Crippen LogP contribution in [0.2, 0.25) is 0 Å². The zero-order valence-corrected chi connectivity index (χ0v) is 7.67. The Kier molecular flexibility index (Phi) is 3.82. The molecule has 0 amide bonds. The molecule has 4 atom stereocenters. The lowest BCUT2D eigenvalue weighted by Crippen LogP contribution is -2.51. The molecule has 0 aromatic carbocycles. The van der Waals surface area contributed by atoms with E-state index in [0.29, 0.717) is 0 Å². The Labute approximate surface area is 81.3 Å². The van der Waals surface area contributed by atoms with Gasteiger partial charge in [0.05, 0.1) is 24.7 Å². The largest absolute Gasteiger partial charge is 0.481 e. The summed E-state index contributed by atoms with van der Waals surface area (Å²) in [6, 6.07) is 0. The van der Waals surface area contributed by atoms with Crippen LogP contribution in [0, 0.1) is 0 Å². The summed E-state index contributed by atoms with van der Waals surface area (Å²) < 4.78 is 5.21. The van der Waals surface area contributed by atoms with Crippen molar-refractivity contribution in [2.24, 2.45) is 5.73 Å². The number of carboxylic acid groups (broad SMARTS) is 1. The van der Waals surface area contributed by atoms with Crippen LogP contribution in [-0.4, -0.2) is 52.2 Å². The van der Waals surface area contributed by atoms with Gasteiger partial charge in [0, 0.05) is 13.0 Å². The zero-order chi connectivity index (χ0) is 10.7. The molecule has 1 saturated heterocycles. The number of rotatable bonds is 3. The Bertz CT molecular complexity index is 210. The molecular formula is C8H15NO5. The lowest BCUT2D eigenvalue weighted by atomic mass is 9.96. The third-order valence-electron chi connectivity index (χ3n) is 2.28. The average molecular weight is 205 g/mol. The Morgan fingerprint density at radius 2 is 2.14 bits per heavy atom. The molecule has 0 unspecified atom stereocenters. The maximum Gasteiger partial charge on any atom is 0.305 e. The van der Waals surface area contributed by atoms with E-state index in [4.69, 9.17) is 15.6 Å². The highest BCUT2D eigenvalue weighted by molar-refractivity contribution is 5.67. The van der Waals surface area contributed by atoms with Gasteiger partial charge in [-0.25, -0.2) is 0 Å². The molecule has 0 spiro atoms. The normalized spacial score (nSPS) is 38.2. The van der Waals surface area contributed by atoms with Gasteiger partial charge in [0.1, 0.15) is 6.10 Å². The molecule has 6 heteroatoms. The van der Waals surface area contributed by atoms with Gasteiger partial charge in [-0.2, -0.15) is 0 Å². The predicted octanol–water partition coefficient (Wildman–Crippen LogP) is -1.70. The van der Waals surface area contributed by atoms with E-state index in [1.807, 2.05) is 0 Å². The molecule has 1 heterocycles. The molecule has 0 bridgehead atoms. The van der Waals surface area contributed by atoms with E-state index in [9.17, 15) is 15.0 Å². The summed E-state index contributed by atoms with van der Waals surface area (Å²) in [6.45, 7) is 0.0638. The predicted molar refractivity (Wildman–Crippen MR) is 46.6 cm³/mol. The van der Waals surface area contributed by atoms with Crippen molar-refractivity contribution < 1.29 is 24.9 Å². The van der Waals surface area contributed by atoms with Gasteiger partial charge in [0.25, 0.3) is 0 Å². The average Bonchev–Trinajstić information content (AvgIpc) is 2.10. The van der Waals surface area contributed by atoms with E-state index in [0.717, 1.165) is 0 Å². The Hall–Kier alpha value is -0.690. The van der Waals surface area contributed by atoms with Crippen LogP contribution in [0.4, 0.5) is 0 Å². The number of nitrogens with two attached hydrogens (primary N) is 1. The molecule has 1 fully saturated rings. The number of hydrogen-bond donors (Lipinski definition) is 4. The van der Waals surface area contributed by atoms with Crippen LogP contribution in [0.3, 0.4) is 0 Å². The zero-order valence-electron chi connectivity index (χ0n) is 7.67. The standard InChI is InChI=1S/C8H15NO5/c9-3-6-8(13)5(10)1-4(14-6)2-7(11)12/h4-6,8,10,13H,1-3,9H2,(H,11,12)/t4-,5+,6+,8-/m0/s1. The van der Waals surface area contributed by atoms with Gasteiger partial charge in [-0.1, -0.05) is 0 Å². The lowest BCUT2D eigenvalue weighted by molar-refractivity contribution is -0.173. The quantitative estimate of drug-likeness (QED) is 0.437. The first kappa shape index (κ1) is 11.4. The van der Waals surface area contributed by atoms with Crippen LogP contribution in [0.15, 0.2) is 0 Å². The van der Waals surface area contributed by atoms with Crippen LogP contribution in [0.1, 0.15) is 12.8 Å². The van der Waals surface area contributed by atoms with Gasteiger partial charge in [-0.3, -0.25) is 4.79 Å². The smallest absolute Gasteiger partial charge is 0.305 e. The molecule has 0 aromatic rings. The van der Waals surface area contributed by atoms with Crippen LogP contribution < -0.4 is 5.73 Å². The van der Waals surface area contributed by atoms with E-state index in [-0.39, 0.29) is 19.4 Å². The summed E-state index contributed by atoms with van der Waals surface area (Å²) >= 11 is 0. The second-order valence-electron chi connectivity index (χ2n) is 3.42. The second kappa shape index (κ2) is 4.70. The second-order valence-corrected chi connectivity index (χ2v) is 3.42. The summed E-state index contributed by atoms with van der Waals surface area (Å²) in [4.78, 5) is 10.4. The van der Waals surface area contributed by atoms with Crippen LogP contribution in [-0.2, 0) is 9.53 Å². The molecule has 1 aliphatic rings. The molecule has 0 radical (unpaired) electrons. The molecule has 5 N–H and O–H groups in total. The molecular weight excluding hydrogens is 190 g/mol. The van der Waals surface area contributed by atoms with Gasteiger partial charge < -0.3 is 25.8 Å². The van der Waals surface area contributed by atoms with Crippen molar-refractivity contribution in [3.05, 3.63) is 0 Å². The first-order valence-corrected chi connectivity index (χ1v) is 4.48. The van der Waals surface area contributed by atoms with E-state index >= 15 is 0 Å². The SMILES string of the molecule is NC[C@H]1O[C@H](CC(=O)O)C[C@@H](O)[C@@H]1O. The van der Waals surface area contributed by atoms with Crippen molar-refractivity contribution in [2.75, 3.05) is 6.54 Å². The maximum absolute atomic E-state index is 10.4. The Balaban J connectivity index is 2.53. The summed E-state index contributed by atoms with van der Waals surface area (Å²) in [5.74, 6) is -0.991. The topological polar surface area (TPSA) is 113 Å². The van der Waals surface area contributed by atoms with Gasteiger partial charge in [-0.05, 0) is 0 Å². The number of aliphatic hydroxyl groups is 2. The fourth-order valence-electron chi connectivity index (χ4n) is 1.56. The molecule has 82 valence electrons. The molecule has 1 rings (SSSR count). The molecule has 6 nitrogen and oxygen atoms in total. The van der Waals surface area contributed by atoms with Gasteiger partial charge in [0.2, 0.25) is 0 Å². The van der Waals surface area contributed by atoms with Crippen molar-refractivity contribution in [3.63, 3.8) is 0 Å². The van der Waals surface area contributed by atoms with E-state index in [2.05, 4.69) is 0 Å². The Morgan fingerprint density at radius 3 is 2.64 bits per heavy atom. The Morgan fingerprint density at radius 1 is 1.50 bits per heavy atom. The van der Waals surface area contributed by atoms with E-state index in [1.165, 1.54) is 0 Å². The summed E-state index contributed by atoms with van der Waals surface area (Å²) in [6.07, 6.45) is -3.28. The molecule has 0 saturated carbocycles. The maximum atomic E-state index is 10.4. The summed E-state index contributed by atoms with van der Waals surface area (Å²) in [5.41, 5.74) is 5.31. The number of aliphatic hydroxyl groups excluding tert-OH is 2. The van der Waals surface area contributed by atoms with Gasteiger partial charge in [-0.15, -0.1) is 0 Å².